The molecule has 1 saturated heterocycles. The summed E-state index contributed by atoms with van der Waals surface area (Å²) in [5.41, 5.74) is 3.90. The van der Waals surface area contributed by atoms with E-state index in [0.29, 0.717) is 51.1 Å². The van der Waals surface area contributed by atoms with Gasteiger partial charge in [0.15, 0.2) is 5.17 Å². The Morgan fingerprint density at radius 3 is 2.64 bits per heavy atom. The number of carbonyl (C=O) groups excluding carboxylic acids is 2. The first kappa shape index (κ1) is 27.1. The molecule has 39 heavy (non-hydrogen) atoms. The highest BCUT2D eigenvalue weighted by molar-refractivity contribution is 8.18. The number of benzene rings is 3. The van der Waals surface area contributed by atoms with Crippen LogP contribution < -0.4 is 0 Å². The fourth-order valence-electron chi connectivity index (χ4n) is 4.39. The molecule has 1 aliphatic heterocycles. The minimum atomic E-state index is -0.404. The highest BCUT2D eigenvalue weighted by Gasteiger charge is 2.32. The number of para-hydroxylation sites is 1. The van der Waals surface area contributed by atoms with Crippen LogP contribution in [-0.4, -0.2) is 39.7 Å². The van der Waals surface area contributed by atoms with Crippen molar-refractivity contribution in [1.82, 2.24) is 9.47 Å². The van der Waals surface area contributed by atoms with Crippen LogP contribution in [0, 0.1) is 0 Å². The molecule has 1 amide bonds. The number of hydrogen-bond acceptors (Lipinski definition) is 5. The highest BCUT2D eigenvalue weighted by Crippen LogP contribution is 2.36. The number of thioether (sulfide) groups is 1. The van der Waals surface area contributed by atoms with E-state index in [-0.39, 0.29) is 5.91 Å². The number of rotatable bonds is 7. The quantitative estimate of drug-likeness (QED) is 0.166. The standard InChI is InChI=1S/C30H25Cl2N3O3S/c1-3-35-28(36)27(39-30(35)33-23-9-7-8-19(14-23)29(37)38-4-2)15-21-18-34(26-11-6-5-10-24(21)26)17-20-12-13-22(31)16-25(20)32/h5-16,18H,3-4,17H2,1-2H3. The smallest absolute Gasteiger partial charge is 0.338 e. The van der Waals surface area contributed by atoms with Gasteiger partial charge in [0.2, 0.25) is 0 Å². The summed E-state index contributed by atoms with van der Waals surface area (Å²) in [7, 11) is 0. The van der Waals surface area contributed by atoms with E-state index < -0.39 is 5.97 Å². The lowest BCUT2D eigenvalue weighted by Gasteiger charge is -2.12. The van der Waals surface area contributed by atoms with Gasteiger partial charge < -0.3 is 9.30 Å². The lowest BCUT2D eigenvalue weighted by Crippen LogP contribution is -2.28. The normalized spacial score (nSPS) is 15.6. The van der Waals surface area contributed by atoms with E-state index in [1.807, 2.05) is 55.6 Å². The maximum Gasteiger partial charge on any atom is 0.338 e. The molecule has 0 bridgehead atoms. The van der Waals surface area contributed by atoms with E-state index >= 15 is 0 Å². The van der Waals surface area contributed by atoms with Crippen molar-refractivity contribution in [1.29, 1.82) is 0 Å². The van der Waals surface area contributed by atoms with Crippen molar-refractivity contribution < 1.29 is 14.3 Å². The molecule has 198 valence electrons. The van der Waals surface area contributed by atoms with Gasteiger partial charge in [-0.3, -0.25) is 9.69 Å². The number of carbonyl (C=O) groups is 2. The van der Waals surface area contributed by atoms with Crippen LogP contribution in [0.2, 0.25) is 10.0 Å². The Morgan fingerprint density at radius 2 is 1.87 bits per heavy atom. The molecule has 2 heterocycles. The minimum Gasteiger partial charge on any atom is -0.462 e. The van der Waals surface area contributed by atoms with Gasteiger partial charge in [0.05, 0.1) is 22.8 Å². The van der Waals surface area contributed by atoms with Crippen LogP contribution >= 0.6 is 35.0 Å². The minimum absolute atomic E-state index is 0.111. The third kappa shape index (κ3) is 5.76. The number of ether oxygens (including phenoxy) is 1. The number of halogens is 2. The topological polar surface area (TPSA) is 63.9 Å². The zero-order valence-corrected chi connectivity index (χ0v) is 23.7. The lowest BCUT2D eigenvalue weighted by atomic mass is 10.1. The van der Waals surface area contributed by atoms with E-state index in [0.717, 1.165) is 22.0 Å². The van der Waals surface area contributed by atoms with Crippen molar-refractivity contribution in [3.8, 4) is 0 Å². The zero-order chi connectivity index (χ0) is 27.5. The van der Waals surface area contributed by atoms with E-state index in [9.17, 15) is 9.59 Å². The van der Waals surface area contributed by atoms with Crippen LogP contribution in [0.4, 0.5) is 5.69 Å². The summed E-state index contributed by atoms with van der Waals surface area (Å²) in [5, 5.41) is 2.78. The number of aromatic nitrogens is 1. The second-order valence-electron chi connectivity index (χ2n) is 8.79. The molecule has 1 aromatic heterocycles. The second kappa shape index (κ2) is 11.7. The third-order valence-electron chi connectivity index (χ3n) is 6.25. The van der Waals surface area contributed by atoms with Gasteiger partial charge in [0.25, 0.3) is 5.91 Å². The first-order chi connectivity index (χ1) is 18.9. The molecular weight excluding hydrogens is 553 g/mol. The first-order valence-electron chi connectivity index (χ1n) is 12.5. The van der Waals surface area contributed by atoms with E-state index in [2.05, 4.69) is 4.57 Å². The van der Waals surface area contributed by atoms with Gasteiger partial charge in [-0.1, -0.05) is 53.5 Å². The predicted octanol–water partition coefficient (Wildman–Crippen LogP) is 7.80. The summed E-state index contributed by atoms with van der Waals surface area (Å²) in [4.78, 5) is 32.4. The Kier molecular flexibility index (Phi) is 8.12. The molecular formula is C30H25Cl2N3O3S. The summed E-state index contributed by atoms with van der Waals surface area (Å²) in [5.74, 6) is -0.515. The summed E-state index contributed by atoms with van der Waals surface area (Å²) < 4.78 is 7.22. The monoisotopic (exact) mass is 577 g/mol. The Morgan fingerprint density at radius 1 is 1.05 bits per heavy atom. The molecule has 4 aromatic rings. The van der Waals surface area contributed by atoms with Gasteiger partial charge in [-0.2, -0.15) is 0 Å². The summed E-state index contributed by atoms with van der Waals surface area (Å²) in [6, 6.07) is 20.5. The third-order valence-corrected chi connectivity index (χ3v) is 7.84. The van der Waals surface area contributed by atoms with Crippen LogP contribution in [0.3, 0.4) is 0 Å². The van der Waals surface area contributed by atoms with Gasteiger partial charge in [-0.25, -0.2) is 9.79 Å². The zero-order valence-electron chi connectivity index (χ0n) is 21.4. The molecule has 0 radical (unpaired) electrons. The van der Waals surface area contributed by atoms with Crippen LogP contribution in [0.1, 0.15) is 35.3 Å². The van der Waals surface area contributed by atoms with Crippen molar-refractivity contribution in [2.75, 3.05) is 13.2 Å². The van der Waals surface area contributed by atoms with Crippen molar-refractivity contribution >= 4 is 74.7 Å². The molecule has 0 unspecified atom stereocenters. The molecule has 3 aromatic carbocycles. The molecule has 1 aliphatic rings. The van der Waals surface area contributed by atoms with Gasteiger partial charge >= 0.3 is 5.97 Å². The van der Waals surface area contributed by atoms with Crippen molar-refractivity contribution in [3.63, 3.8) is 0 Å². The second-order valence-corrected chi connectivity index (χ2v) is 10.6. The number of fused-ring (bicyclic) bond motifs is 1. The molecule has 6 nitrogen and oxygen atoms in total. The van der Waals surface area contributed by atoms with Crippen molar-refractivity contribution in [2.45, 2.75) is 20.4 Å². The largest absolute Gasteiger partial charge is 0.462 e. The molecule has 0 aliphatic carbocycles. The predicted molar refractivity (Wildman–Crippen MR) is 160 cm³/mol. The molecule has 0 spiro atoms. The number of amidine groups is 1. The van der Waals surface area contributed by atoms with Gasteiger partial charge in [-0.15, -0.1) is 0 Å². The number of esters is 1. The SMILES string of the molecule is CCOC(=O)c1cccc(N=C2SC(=Cc3cn(Cc4ccc(Cl)cc4Cl)c4ccccc34)C(=O)N2CC)c1. The van der Waals surface area contributed by atoms with Crippen LogP contribution in [0.5, 0.6) is 0 Å². The molecule has 5 rings (SSSR count). The Labute approximate surface area is 240 Å². The van der Waals surface area contributed by atoms with Crippen LogP contribution in [0.25, 0.3) is 17.0 Å². The summed E-state index contributed by atoms with van der Waals surface area (Å²) in [6.07, 6.45) is 3.94. The average molecular weight is 579 g/mol. The Balaban J connectivity index is 1.48. The van der Waals surface area contributed by atoms with E-state index in [1.165, 1.54) is 11.8 Å². The van der Waals surface area contributed by atoms with E-state index in [4.69, 9.17) is 32.9 Å². The first-order valence-corrected chi connectivity index (χ1v) is 14.0. The molecule has 0 atom stereocenters. The Bertz CT molecular complexity index is 1640. The maximum absolute atomic E-state index is 13.4. The number of aliphatic imine (C=N–C) groups is 1. The summed E-state index contributed by atoms with van der Waals surface area (Å²) in [6.45, 7) is 5.00. The fourth-order valence-corrected chi connectivity index (χ4v) is 5.91. The number of likely N-dealkylation sites (N-methyl/N-ethyl adjacent to an activating group) is 1. The summed E-state index contributed by atoms with van der Waals surface area (Å²) >= 11 is 13.8. The molecule has 9 heteroatoms. The number of nitrogens with zero attached hydrogens (tertiary/aromatic N) is 3. The maximum atomic E-state index is 13.4. The lowest BCUT2D eigenvalue weighted by molar-refractivity contribution is -0.122. The van der Waals surface area contributed by atoms with Crippen LogP contribution in [-0.2, 0) is 16.1 Å². The van der Waals surface area contributed by atoms with Crippen molar-refractivity contribution in [2.24, 2.45) is 4.99 Å². The Hall–Kier alpha value is -3.52. The number of amides is 1. The molecule has 0 saturated carbocycles. The number of hydrogen-bond donors (Lipinski definition) is 0. The molecule has 0 N–H and O–H groups in total. The van der Waals surface area contributed by atoms with E-state index in [1.54, 1.807) is 42.2 Å². The fraction of sp³-hybridized carbons (Fsp3) is 0.167. The van der Waals surface area contributed by atoms with Crippen LogP contribution in [0.15, 0.2) is 82.8 Å². The van der Waals surface area contributed by atoms with Gasteiger partial charge in [0, 0.05) is 45.8 Å². The van der Waals surface area contributed by atoms with Crippen molar-refractivity contribution in [3.05, 3.63) is 105 Å². The molecule has 1 fully saturated rings. The van der Waals surface area contributed by atoms with Gasteiger partial charge in [0.1, 0.15) is 0 Å². The average Bonchev–Trinajstić information content (AvgIpc) is 3.42. The van der Waals surface area contributed by atoms with Gasteiger partial charge in [-0.05, 0) is 73.6 Å². The highest BCUT2D eigenvalue weighted by atomic mass is 35.5.